The number of Topliss-reactive ketones (excluding diaryl/α,β-unsaturated/α-hetero) is 1. The molecule has 0 fully saturated rings. The average Bonchev–Trinajstić information content (AvgIpc) is 2.71. The van der Waals surface area contributed by atoms with Crippen LogP contribution in [0.1, 0.15) is 38.1 Å². The first-order chi connectivity index (χ1) is 15.3. The van der Waals surface area contributed by atoms with Gasteiger partial charge in [-0.25, -0.2) is 13.4 Å². The molecule has 0 spiro atoms. The van der Waals surface area contributed by atoms with Crippen LogP contribution in [0.4, 0.5) is 0 Å². The Morgan fingerprint density at radius 1 is 1.03 bits per heavy atom. The van der Waals surface area contributed by atoms with Gasteiger partial charge >= 0.3 is 0 Å². The predicted octanol–water partition coefficient (Wildman–Crippen LogP) is 7.24. The van der Waals surface area contributed by atoms with Gasteiger partial charge < -0.3 is 4.74 Å². The topological polar surface area (TPSA) is 73.3 Å². The van der Waals surface area contributed by atoms with E-state index >= 15 is 0 Å². The number of carbonyl (C=O) groups excluding carboxylic acids is 1. The molecule has 0 aliphatic carbocycles. The molecule has 0 aliphatic rings. The summed E-state index contributed by atoms with van der Waals surface area (Å²) in [6.45, 7) is 6.13. The fourth-order valence-electron chi connectivity index (χ4n) is 2.91. The molecular formula is C24H22BrCl2NO4S. The lowest BCUT2D eigenvalue weighted by molar-refractivity contribution is 0.101. The number of halogens is 3. The largest absolute Gasteiger partial charge is 0.461 e. The van der Waals surface area contributed by atoms with Gasteiger partial charge in [0, 0.05) is 20.6 Å². The van der Waals surface area contributed by atoms with Crippen LogP contribution < -0.4 is 4.74 Å². The van der Waals surface area contributed by atoms with E-state index in [-0.39, 0.29) is 17.2 Å². The highest BCUT2D eigenvalue weighted by Gasteiger charge is 2.30. The normalized spacial score (nSPS) is 12.0. The van der Waals surface area contributed by atoms with Gasteiger partial charge in [-0.3, -0.25) is 4.79 Å². The first-order valence-corrected chi connectivity index (χ1v) is 13.1. The molecule has 0 N–H and O–H groups in total. The van der Waals surface area contributed by atoms with Crippen LogP contribution >= 0.6 is 39.1 Å². The van der Waals surface area contributed by atoms with Gasteiger partial charge in [-0.15, -0.1) is 0 Å². The number of pyridine rings is 1. The Kier molecular flexibility index (Phi) is 7.58. The number of carbonyl (C=O) groups is 1. The van der Waals surface area contributed by atoms with E-state index in [9.17, 15) is 13.2 Å². The smallest absolute Gasteiger partial charge is 0.226 e. The third kappa shape index (κ3) is 5.77. The number of ketones is 1. The van der Waals surface area contributed by atoms with Crippen LogP contribution in [0.2, 0.25) is 10.0 Å². The van der Waals surface area contributed by atoms with Crippen LogP contribution in [0.15, 0.2) is 53.0 Å². The van der Waals surface area contributed by atoms with Crippen LogP contribution in [0.25, 0.3) is 22.4 Å². The fraction of sp³-hybridized carbons (Fsp3) is 0.250. The molecule has 0 atom stereocenters. The second-order valence-electron chi connectivity index (χ2n) is 8.41. The summed E-state index contributed by atoms with van der Waals surface area (Å²) in [7, 11) is -3.62. The summed E-state index contributed by atoms with van der Waals surface area (Å²) in [5, 5.41) is 0.991. The summed E-state index contributed by atoms with van der Waals surface area (Å²) in [6.07, 6.45) is 0. The van der Waals surface area contributed by atoms with Gasteiger partial charge in [-0.1, -0.05) is 57.3 Å². The van der Waals surface area contributed by atoms with Gasteiger partial charge in [0.1, 0.15) is 0 Å². The Bertz CT molecular complexity index is 1320. The number of aromatic nitrogens is 1. The number of hydrogen-bond donors (Lipinski definition) is 0. The van der Waals surface area contributed by atoms with Crippen molar-refractivity contribution in [3.8, 4) is 28.3 Å². The van der Waals surface area contributed by atoms with Crippen LogP contribution in [-0.2, 0) is 9.84 Å². The number of benzene rings is 2. The monoisotopic (exact) mass is 569 g/mol. The lowest BCUT2D eigenvalue weighted by Gasteiger charge is -2.20. The van der Waals surface area contributed by atoms with Crippen molar-refractivity contribution in [2.24, 2.45) is 0 Å². The molecule has 33 heavy (non-hydrogen) atoms. The number of hydrogen-bond acceptors (Lipinski definition) is 5. The summed E-state index contributed by atoms with van der Waals surface area (Å²) in [4.78, 5) is 17.1. The van der Waals surface area contributed by atoms with E-state index in [1.807, 2.05) is 18.2 Å². The minimum absolute atomic E-state index is 0.0676. The minimum Gasteiger partial charge on any atom is -0.461 e. The van der Waals surface area contributed by atoms with Gasteiger partial charge in [0.05, 0.1) is 21.0 Å². The molecule has 5 nitrogen and oxygen atoms in total. The Balaban J connectivity index is 2.24. The van der Waals surface area contributed by atoms with Crippen molar-refractivity contribution in [3.05, 3.63) is 68.6 Å². The van der Waals surface area contributed by atoms with Crippen molar-refractivity contribution in [2.45, 2.75) is 32.4 Å². The van der Waals surface area contributed by atoms with Crippen LogP contribution in [0, 0.1) is 0 Å². The SMILES string of the molecule is CC(=O)c1cc(-c2ccc(Cl)cc2)c(-c2ccc(Br)cc2Cl)nc1OCS(=O)(=O)C(C)(C)C. The lowest BCUT2D eigenvalue weighted by atomic mass is 9.97. The average molecular weight is 571 g/mol. The zero-order chi connectivity index (χ0) is 24.6. The molecule has 2 aromatic carbocycles. The summed E-state index contributed by atoms with van der Waals surface area (Å²) in [6, 6.07) is 14.1. The fourth-order valence-corrected chi connectivity index (χ4v) is 4.41. The van der Waals surface area contributed by atoms with Crippen molar-refractivity contribution < 1.29 is 17.9 Å². The highest BCUT2D eigenvalue weighted by atomic mass is 79.9. The Morgan fingerprint density at radius 2 is 1.67 bits per heavy atom. The lowest BCUT2D eigenvalue weighted by Crippen LogP contribution is -2.32. The van der Waals surface area contributed by atoms with Gasteiger partial charge in [-0.05, 0) is 63.6 Å². The van der Waals surface area contributed by atoms with Crippen molar-refractivity contribution in [1.82, 2.24) is 4.98 Å². The highest BCUT2D eigenvalue weighted by molar-refractivity contribution is 9.10. The van der Waals surface area contributed by atoms with E-state index < -0.39 is 20.5 Å². The maximum atomic E-state index is 12.6. The number of rotatable bonds is 6. The second kappa shape index (κ2) is 9.74. The summed E-state index contributed by atoms with van der Waals surface area (Å²) < 4.78 is 30.6. The highest BCUT2D eigenvalue weighted by Crippen LogP contribution is 2.39. The molecule has 3 aromatic rings. The van der Waals surface area contributed by atoms with Crippen LogP contribution in [-0.4, -0.2) is 29.9 Å². The van der Waals surface area contributed by atoms with Crippen molar-refractivity contribution >= 4 is 54.8 Å². The molecule has 0 aliphatic heterocycles. The Morgan fingerprint density at radius 3 is 2.21 bits per heavy atom. The van der Waals surface area contributed by atoms with E-state index in [4.69, 9.17) is 27.9 Å². The maximum Gasteiger partial charge on any atom is 0.226 e. The first-order valence-electron chi connectivity index (χ1n) is 9.92. The van der Waals surface area contributed by atoms with E-state index in [0.717, 1.165) is 10.0 Å². The van der Waals surface area contributed by atoms with Gasteiger partial charge in [0.25, 0.3) is 0 Å². The predicted molar refractivity (Wildman–Crippen MR) is 137 cm³/mol. The first kappa shape index (κ1) is 25.7. The molecule has 174 valence electrons. The molecule has 0 saturated heterocycles. The second-order valence-corrected chi connectivity index (χ2v) is 12.9. The molecule has 0 saturated carbocycles. The van der Waals surface area contributed by atoms with Crippen LogP contribution in [0.5, 0.6) is 5.88 Å². The molecule has 1 aromatic heterocycles. The zero-order valence-corrected chi connectivity index (χ0v) is 22.4. The van der Waals surface area contributed by atoms with E-state index in [2.05, 4.69) is 20.9 Å². The van der Waals surface area contributed by atoms with Crippen molar-refractivity contribution in [2.75, 3.05) is 5.94 Å². The van der Waals surface area contributed by atoms with Crippen molar-refractivity contribution in [1.29, 1.82) is 0 Å². The molecular weight excluding hydrogens is 549 g/mol. The van der Waals surface area contributed by atoms with Crippen LogP contribution in [0.3, 0.4) is 0 Å². The zero-order valence-electron chi connectivity index (χ0n) is 18.4. The third-order valence-corrected chi connectivity index (χ3v) is 8.34. The summed E-state index contributed by atoms with van der Waals surface area (Å²) in [5.74, 6) is -0.992. The number of sulfone groups is 1. The van der Waals surface area contributed by atoms with E-state index in [0.29, 0.717) is 26.9 Å². The molecule has 3 rings (SSSR count). The third-order valence-electron chi connectivity index (χ3n) is 4.99. The minimum atomic E-state index is -3.62. The molecule has 1 heterocycles. The molecule has 0 amide bonds. The van der Waals surface area contributed by atoms with Crippen molar-refractivity contribution in [3.63, 3.8) is 0 Å². The van der Waals surface area contributed by atoms with Gasteiger partial charge in [-0.2, -0.15) is 0 Å². The number of nitrogens with zero attached hydrogens (tertiary/aromatic N) is 1. The summed E-state index contributed by atoms with van der Waals surface area (Å²) in [5.41, 5.74) is 2.61. The summed E-state index contributed by atoms with van der Waals surface area (Å²) >= 11 is 16.0. The maximum absolute atomic E-state index is 12.6. The molecule has 0 unspecified atom stereocenters. The number of ether oxygens (including phenoxy) is 1. The molecule has 0 radical (unpaired) electrons. The molecule has 9 heteroatoms. The standard InChI is InChI=1S/C24H22BrCl2NO4S/c1-14(29)19-12-20(15-5-8-17(26)9-6-15)22(18-10-7-16(25)11-21(18)27)28-23(19)32-13-33(30,31)24(2,3)4/h5-12H,13H2,1-4H3. The Labute approximate surface area is 212 Å². The van der Waals surface area contributed by atoms with Gasteiger partial charge in [0.2, 0.25) is 5.88 Å². The van der Waals surface area contributed by atoms with Gasteiger partial charge in [0.15, 0.2) is 21.6 Å². The van der Waals surface area contributed by atoms with E-state index in [1.165, 1.54) is 6.92 Å². The van der Waals surface area contributed by atoms with E-state index in [1.54, 1.807) is 51.1 Å². The Hall–Kier alpha value is -1.93. The quantitative estimate of drug-likeness (QED) is 0.292. The molecule has 0 bridgehead atoms.